The lowest BCUT2D eigenvalue weighted by molar-refractivity contribution is -0.143. The SMILES string of the molecule is O=C(O)CCC(=O)O.O=C(O)CCC(=O)O.OCC(CO)(CO)CO. The van der Waals surface area contributed by atoms with Crippen molar-refractivity contribution in [3.63, 3.8) is 0 Å². The van der Waals surface area contributed by atoms with Gasteiger partial charge in [-0.3, -0.25) is 19.2 Å². The summed E-state index contributed by atoms with van der Waals surface area (Å²) < 4.78 is 0. The number of rotatable bonds is 10. The Hall–Kier alpha value is -2.28. The van der Waals surface area contributed by atoms with Gasteiger partial charge in [-0.1, -0.05) is 0 Å². The molecule has 0 atom stereocenters. The van der Waals surface area contributed by atoms with E-state index in [9.17, 15) is 19.2 Å². The highest BCUT2D eigenvalue weighted by molar-refractivity contribution is 5.75. The van der Waals surface area contributed by atoms with Gasteiger partial charge in [0.2, 0.25) is 0 Å². The number of hydrogen-bond donors (Lipinski definition) is 8. The summed E-state index contributed by atoms with van der Waals surface area (Å²) in [5.74, 6) is -4.31. The predicted octanol–water partition coefficient (Wildman–Crippen LogP) is -2.19. The normalized spacial score (nSPS) is 9.76. The minimum absolute atomic E-state index is 0.296. The van der Waals surface area contributed by atoms with Crippen molar-refractivity contribution < 1.29 is 60.0 Å². The molecule has 0 fully saturated rings. The first-order chi connectivity index (χ1) is 11.5. The fourth-order valence-electron chi connectivity index (χ4n) is 0.728. The molecule has 0 saturated carbocycles. The van der Waals surface area contributed by atoms with Gasteiger partial charge in [0.25, 0.3) is 0 Å². The van der Waals surface area contributed by atoms with Crippen molar-refractivity contribution in [1.82, 2.24) is 0 Å². The predicted molar refractivity (Wildman–Crippen MR) is 79.8 cm³/mol. The van der Waals surface area contributed by atoms with Crippen LogP contribution in [0.25, 0.3) is 0 Å². The number of aliphatic hydroxyl groups excluding tert-OH is 4. The first-order valence-electron chi connectivity index (χ1n) is 6.80. The van der Waals surface area contributed by atoms with E-state index in [1.165, 1.54) is 0 Å². The van der Waals surface area contributed by atoms with E-state index < -0.39 is 55.7 Å². The summed E-state index contributed by atoms with van der Waals surface area (Å²) in [5.41, 5.74) is -1.11. The van der Waals surface area contributed by atoms with Crippen LogP contribution in [0.1, 0.15) is 25.7 Å². The van der Waals surface area contributed by atoms with Gasteiger partial charge in [-0.15, -0.1) is 0 Å². The van der Waals surface area contributed by atoms with Crippen LogP contribution in [0.2, 0.25) is 0 Å². The zero-order valence-corrected chi connectivity index (χ0v) is 13.4. The topological polar surface area (TPSA) is 230 Å². The van der Waals surface area contributed by atoms with Crippen LogP contribution >= 0.6 is 0 Å². The molecule has 12 nitrogen and oxygen atoms in total. The van der Waals surface area contributed by atoms with E-state index in [-0.39, 0.29) is 25.7 Å². The highest BCUT2D eigenvalue weighted by Gasteiger charge is 2.26. The average Bonchev–Trinajstić information content (AvgIpc) is 2.55. The molecule has 148 valence electrons. The van der Waals surface area contributed by atoms with Gasteiger partial charge in [-0.05, 0) is 0 Å². The summed E-state index contributed by atoms with van der Waals surface area (Å²) in [6.45, 7) is -1.62. The standard InChI is InChI=1S/C5H12O4.2C4H6O4/c6-1-5(2-7,3-8)4-9;2*5-3(6)1-2-4(7)8/h6-9H,1-4H2;2*1-2H2,(H,5,6)(H,7,8). The zero-order valence-electron chi connectivity index (χ0n) is 13.4. The summed E-state index contributed by atoms with van der Waals surface area (Å²) >= 11 is 0. The zero-order chi connectivity index (χ0) is 20.5. The summed E-state index contributed by atoms with van der Waals surface area (Å²) in [6, 6.07) is 0. The molecule has 0 aromatic carbocycles. The molecular formula is C13H24O12. The maximum Gasteiger partial charge on any atom is 0.303 e. The quantitative estimate of drug-likeness (QED) is 0.204. The third-order valence-corrected chi connectivity index (χ3v) is 2.45. The van der Waals surface area contributed by atoms with Crippen molar-refractivity contribution in [3.8, 4) is 0 Å². The highest BCUT2D eigenvalue weighted by Crippen LogP contribution is 2.11. The summed E-state index contributed by atoms with van der Waals surface area (Å²) in [7, 11) is 0. The van der Waals surface area contributed by atoms with Gasteiger partial charge in [0.15, 0.2) is 0 Å². The number of carbonyl (C=O) groups is 4. The van der Waals surface area contributed by atoms with E-state index in [4.69, 9.17) is 40.9 Å². The molecule has 12 heteroatoms. The van der Waals surface area contributed by atoms with Crippen molar-refractivity contribution in [1.29, 1.82) is 0 Å². The number of aliphatic carboxylic acids is 4. The second-order valence-electron chi connectivity index (χ2n) is 4.71. The molecule has 0 saturated heterocycles. The number of carboxylic acid groups (broad SMARTS) is 4. The number of hydrogen-bond acceptors (Lipinski definition) is 8. The average molecular weight is 372 g/mol. The first-order valence-corrected chi connectivity index (χ1v) is 6.80. The first kappa shape index (κ1) is 27.6. The van der Waals surface area contributed by atoms with E-state index >= 15 is 0 Å². The Morgan fingerprint density at radius 1 is 0.480 bits per heavy atom. The fraction of sp³-hybridized carbons (Fsp3) is 0.692. The van der Waals surface area contributed by atoms with Crippen LogP contribution < -0.4 is 0 Å². The largest absolute Gasteiger partial charge is 0.481 e. The van der Waals surface area contributed by atoms with Crippen molar-refractivity contribution in [2.24, 2.45) is 5.41 Å². The minimum atomic E-state index is -1.11. The number of aliphatic hydroxyl groups is 4. The van der Waals surface area contributed by atoms with Gasteiger partial charge >= 0.3 is 23.9 Å². The molecule has 8 N–H and O–H groups in total. The van der Waals surface area contributed by atoms with E-state index in [2.05, 4.69) is 0 Å². The molecule has 0 amide bonds. The molecule has 25 heavy (non-hydrogen) atoms. The van der Waals surface area contributed by atoms with E-state index in [0.29, 0.717) is 0 Å². The van der Waals surface area contributed by atoms with E-state index in [1.807, 2.05) is 0 Å². The molecular weight excluding hydrogens is 348 g/mol. The summed E-state index contributed by atoms with van der Waals surface area (Å²) in [5, 5.41) is 65.6. The van der Waals surface area contributed by atoms with Gasteiger partial charge in [0.1, 0.15) is 0 Å². The highest BCUT2D eigenvalue weighted by atomic mass is 16.4. The van der Waals surface area contributed by atoms with Gasteiger partial charge in [0.05, 0.1) is 57.5 Å². The third kappa shape index (κ3) is 21.7. The van der Waals surface area contributed by atoms with Gasteiger partial charge in [-0.25, -0.2) is 0 Å². The molecule has 0 spiro atoms. The van der Waals surface area contributed by atoms with Crippen LogP contribution in [-0.2, 0) is 19.2 Å². The molecule has 0 rings (SSSR count). The summed E-state index contributed by atoms with van der Waals surface area (Å²) in [6.07, 6.45) is -1.19. The van der Waals surface area contributed by atoms with Crippen LogP contribution in [0.3, 0.4) is 0 Å². The Morgan fingerprint density at radius 3 is 0.680 bits per heavy atom. The lowest BCUT2D eigenvalue weighted by atomic mass is 9.93. The molecule has 0 heterocycles. The van der Waals surface area contributed by atoms with Gasteiger partial charge in [0, 0.05) is 0 Å². The second kappa shape index (κ2) is 16.6. The number of carboxylic acids is 4. The van der Waals surface area contributed by atoms with Crippen LogP contribution in [0.5, 0.6) is 0 Å². The monoisotopic (exact) mass is 372 g/mol. The Labute approximate surface area is 142 Å². The molecule has 0 aromatic rings. The van der Waals surface area contributed by atoms with Crippen LogP contribution in [-0.4, -0.2) is 91.2 Å². The van der Waals surface area contributed by atoms with Crippen molar-refractivity contribution in [3.05, 3.63) is 0 Å². The Morgan fingerprint density at radius 2 is 0.640 bits per heavy atom. The minimum Gasteiger partial charge on any atom is -0.481 e. The fourth-order valence-corrected chi connectivity index (χ4v) is 0.728. The molecule has 0 radical (unpaired) electrons. The van der Waals surface area contributed by atoms with Crippen LogP contribution in [0.4, 0.5) is 0 Å². The van der Waals surface area contributed by atoms with Crippen LogP contribution in [0.15, 0.2) is 0 Å². The molecule has 0 unspecified atom stereocenters. The van der Waals surface area contributed by atoms with Crippen molar-refractivity contribution in [2.75, 3.05) is 26.4 Å². The van der Waals surface area contributed by atoms with Crippen molar-refractivity contribution in [2.45, 2.75) is 25.7 Å². The molecule has 0 aliphatic carbocycles. The lowest BCUT2D eigenvalue weighted by Gasteiger charge is -2.23. The smallest absolute Gasteiger partial charge is 0.303 e. The molecule has 0 bridgehead atoms. The second-order valence-corrected chi connectivity index (χ2v) is 4.71. The Balaban J connectivity index is -0.000000291. The lowest BCUT2D eigenvalue weighted by Crippen LogP contribution is -2.37. The summed E-state index contributed by atoms with van der Waals surface area (Å²) in [4.78, 5) is 38.6. The van der Waals surface area contributed by atoms with Gasteiger partial charge < -0.3 is 40.9 Å². The molecule has 0 aromatic heterocycles. The Bertz CT molecular complexity index is 328. The maximum absolute atomic E-state index is 9.64. The van der Waals surface area contributed by atoms with E-state index in [0.717, 1.165) is 0 Å². The molecule has 0 aliphatic rings. The Kier molecular flexibility index (Phi) is 18.3. The third-order valence-electron chi connectivity index (χ3n) is 2.45. The molecule has 0 aliphatic heterocycles. The van der Waals surface area contributed by atoms with Crippen LogP contribution in [0, 0.1) is 5.41 Å². The van der Waals surface area contributed by atoms with E-state index in [1.54, 1.807) is 0 Å². The van der Waals surface area contributed by atoms with Gasteiger partial charge in [-0.2, -0.15) is 0 Å². The maximum atomic E-state index is 9.64. The van der Waals surface area contributed by atoms with Crippen molar-refractivity contribution >= 4 is 23.9 Å².